The smallest absolute Gasteiger partial charge is 0.311 e. The quantitative estimate of drug-likeness (QED) is 0.641. The van der Waals surface area contributed by atoms with Crippen molar-refractivity contribution in [3.8, 4) is 0 Å². The Morgan fingerprint density at radius 2 is 2.39 bits per heavy atom. The van der Waals surface area contributed by atoms with Gasteiger partial charge in [0.1, 0.15) is 5.82 Å². The van der Waals surface area contributed by atoms with Gasteiger partial charge in [-0.05, 0) is 12.5 Å². The van der Waals surface area contributed by atoms with Crippen LogP contribution in [0.1, 0.15) is 6.42 Å². The van der Waals surface area contributed by atoms with Crippen LogP contribution in [0.2, 0.25) is 0 Å². The molecule has 1 atom stereocenters. The van der Waals surface area contributed by atoms with E-state index in [-0.39, 0.29) is 11.8 Å². The molecule has 0 saturated carbocycles. The van der Waals surface area contributed by atoms with E-state index < -0.39 is 4.92 Å². The first-order valence-electron chi connectivity index (χ1n) is 5.76. The molecule has 98 valence electrons. The van der Waals surface area contributed by atoms with Crippen molar-refractivity contribution in [1.29, 1.82) is 0 Å². The lowest BCUT2D eigenvalue weighted by Gasteiger charge is -2.17. The lowest BCUT2D eigenvalue weighted by atomic mass is 10.3. The van der Waals surface area contributed by atoms with E-state index in [1.807, 2.05) is 4.90 Å². The van der Waals surface area contributed by atoms with Gasteiger partial charge < -0.3 is 15.0 Å². The number of rotatable bonds is 4. The van der Waals surface area contributed by atoms with Crippen LogP contribution in [0.15, 0.2) is 12.1 Å². The first kappa shape index (κ1) is 12.6. The number of aromatic nitrogens is 1. The van der Waals surface area contributed by atoms with E-state index in [1.165, 1.54) is 6.07 Å². The summed E-state index contributed by atoms with van der Waals surface area (Å²) in [4.78, 5) is 16.8. The highest BCUT2D eigenvalue weighted by atomic mass is 16.6. The Morgan fingerprint density at radius 1 is 1.61 bits per heavy atom. The van der Waals surface area contributed by atoms with Crippen molar-refractivity contribution in [2.24, 2.45) is 0 Å². The largest absolute Gasteiger partial charge is 0.380 e. The molecule has 1 N–H and O–H groups in total. The topological polar surface area (TPSA) is 80.5 Å². The van der Waals surface area contributed by atoms with Crippen molar-refractivity contribution in [2.75, 3.05) is 37.5 Å². The molecule has 2 heterocycles. The molecule has 7 heteroatoms. The number of pyridine rings is 1. The highest BCUT2D eigenvalue weighted by Gasteiger charge is 2.28. The van der Waals surface area contributed by atoms with Crippen LogP contribution in [0, 0.1) is 10.1 Å². The van der Waals surface area contributed by atoms with E-state index >= 15 is 0 Å². The summed E-state index contributed by atoms with van der Waals surface area (Å²) in [5.41, 5.74) is 0.0331. The molecule has 0 bridgehead atoms. The number of nitro groups is 1. The maximum Gasteiger partial charge on any atom is 0.311 e. The zero-order valence-electron chi connectivity index (χ0n) is 10.4. The predicted octanol–water partition coefficient (Wildman–Crippen LogP) is 1.26. The molecule has 1 aliphatic rings. The number of hydrogen-bond donors (Lipinski definition) is 1. The fraction of sp³-hybridized carbons (Fsp3) is 0.545. The van der Waals surface area contributed by atoms with Gasteiger partial charge in [0, 0.05) is 33.3 Å². The Morgan fingerprint density at radius 3 is 2.94 bits per heavy atom. The number of hydrogen-bond acceptors (Lipinski definition) is 6. The normalized spacial score (nSPS) is 19.0. The lowest BCUT2D eigenvalue weighted by molar-refractivity contribution is -0.384. The minimum Gasteiger partial charge on any atom is -0.380 e. The molecule has 18 heavy (non-hydrogen) atoms. The monoisotopic (exact) mass is 252 g/mol. The number of nitrogens with one attached hydrogen (secondary N) is 1. The van der Waals surface area contributed by atoms with Gasteiger partial charge in [0.15, 0.2) is 0 Å². The standard InChI is InChI=1S/C11H16N4O3/c1-12-10-4-3-9(15(16)17)11(13-10)14-6-5-8(7-14)18-2/h3-4,8H,5-7H2,1-2H3,(H,12,13). The van der Waals surface area contributed by atoms with Crippen LogP contribution in [0.3, 0.4) is 0 Å². The van der Waals surface area contributed by atoms with Gasteiger partial charge in [-0.15, -0.1) is 0 Å². The summed E-state index contributed by atoms with van der Waals surface area (Å²) in [7, 11) is 3.39. The average Bonchev–Trinajstić information content (AvgIpc) is 2.86. The van der Waals surface area contributed by atoms with Gasteiger partial charge in [-0.25, -0.2) is 4.98 Å². The third-order valence-corrected chi connectivity index (χ3v) is 3.09. The SMILES string of the molecule is CNc1ccc([N+](=O)[O-])c(N2CCC(OC)C2)n1. The molecular weight excluding hydrogens is 236 g/mol. The summed E-state index contributed by atoms with van der Waals surface area (Å²) in [5, 5.41) is 13.9. The number of nitrogens with zero attached hydrogens (tertiary/aromatic N) is 3. The van der Waals surface area contributed by atoms with Crippen molar-refractivity contribution < 1.29 is 9.66 Å². The predicted molar refractivity (Wildman–Crippen MR) is 68.1 cm³/mol. The van der Waals surface area contributed by atoms with Crippen molar-refractivity contribution in [2.45, 2.75) is 12.5 Å². The second-order valence-corrected chi connectivity index (χ2v) is 4.14. The van der Waals surface area contributed by atoms with Gasteiger partial charge in [0.05, 0.1) is 11.0 Å². The van der Waals surface area contributed by atoms with Gasteiger partial charge in [-0.1, -0.05) is 0 Å². The van der Waals surface area contributed by atoms with Gasteiger partial charge in [-0.3, -0.25) is 10.1 Å². The highest BCUT2D eigenvalue weighted by molar-refractivity contribution is 5.62. The molecule has 1 fully saturated rings. The summed E-state index contributed by atoms with van der Waals surface area (Å²) in [6.07, 6.45) is 0.976. The Balaban J connectivity index is 2.32. The van der Waals surface area contributed by atoms with Gasteiger partial charge in [0.2, 0.25) is 5.82 Å². The van der Waals surface area contributed by atoms with E-state index in [9.17, 15) is 10.1 Å². The van der Waals surface area contributed by atoms with Gasteiger partial charge in [-0.2, -0.15) is 0 Å². The molecule has 0 aromatic carbocycles. The molecule has 0 spiro atoms. The molecule has 1 aromatic rings. The zero-order valence-corrected chi connectivity index (χ0v) is 10.4. The van der Waals surface area contributed by atoms with Crippen LogP contribution in [0.25, 0.3) is 0 Å². The number of anilines is 2. The van der Waals surface area contributed by atoms with E-state index in [0.717, 1.165) is 13.0 Å². The van der Waals surface area contributed by atoms with E-state index in [4.69, 9.17) is 4.74 Å². The second-order valence-electron chi connectivity index (χ2n) is 4.14. The molecule has 7 nitrogen and oxygen atoms in total. The molecule has 1 aliphatic heterocycles. The van der Waals surface area contributed by atoms with Gasteiger partial charge >= 0.3 is 5.69 Å². The molecule has 0 aliphatic carbocycles. The summed E-state index contributed by atoms with van der Waals surface area (Å²) in [5.74, 6) is 1.03. The maximum absolute atomic E-state index is 11.0. The first-order chi connectivity index (χ1) is 8.65. The molecular formula is C11H16N4O3. The van der Waals surface area contributed by atoms with Gasteiger partial charge in [0.25, 0.3) is 0 Å². The lowest BCUT2D eigenvalue weighted by Crippen LogP contribution is -2.24. The summed E-state index contributed by atoms with van der Waals surface area (Å²) >= 11 is 0. The third kappa shape index (κ3) is 2.35. The van der Waals surface area contributed by atoms with Crippen molar-refractivity contribution in [3.63, 3.8) is 0 Å². The van der Waals surface area contributed by atoms with Crippen molar-refractivity contribution >= 4 is 17.3 Å². The van der Waals surface area contributed by atoms with Crippen LogP contribution in [0.5, 0.6) is 0 Å². The summed E-state index contributed by atoms with van der Waals surface area (Å²) < 4.78 is 5.26. The van der Waals surface area contributed by atoms with Crippen LogP contribution in [-0.2, 0) is 4.74 Å². The summed E-state index contributed by atoms with van der Waals surface area (Å²) in [6, 6.07) is 3.08. The Kier molecular flexibility index (Phi) is 3.61. The molecule has 0 amide bonds. The van der Waals surface area contributed by atoms with E-state index in [1.54, 1.807) is 20.2 Å². The molecule has 1 aromatic heterocycles. The maximum atomic E-state index is 11.0. The molecule has 0 radical (unpaired) electrons. The molecule has 1 saturated heterocycles. The molecule has 1 unspecified atom stereocenters. The second kappa shape index (κ2) is 5.18. The average molecular weight is 252 g/mol. The summed E-state index contributed by atoms with van der Waals surface area (Å²) in [6.45, 7) is 1.36. The van der Waals surface area contributed by atoms with E-state index in [0.29, 0.717) is 18.2 Å². The third-order valence-electron chi connectivity index (χ3n) is 3.09. The van der Waals surface area contributed by atoms with Crippen molar-refractivity contribution in [1.82, 2.24) is 4.98 Å². The zero-order chi connectivity index (χ0) is 13.1. The Labute approximate surface area is 105 Å². The Hall–Kier alpha value is -1.89. The van der Waals surface area contributed by atoms with Crippen molar-refractivity contribution in [3.05, 3.63) is 22.2 Å². The minimum atomic E-state index is -0.401. The van der Waals surface area contributed by atoms with E-state index in [2.05, 4.69) is 10.3 Å². The molecule has 2 rings (SSSR count). The first-order valence-corrected chi connectivity index (χ1v) is 5.76. The van der Waals surface area contributed by atoms with Crippen LogP contribution < -0.4 is 10.2 Å². The highest BCUT2D eigenvalue weighted by Crippen LogP contribution is 2.30. The fourth-order valence-corrected chi connectivity index (χ4v) is 2.07. The minimum absolute atomic E-state index is 0.0331. The Bertz CT molecular complexity index is 452. The number of ether oxygens (including phenoxy) is 1. The number of methoxy groups -OCH3 is 1. The van der Waals surface area contributed by atoms with Crippen LogP contribution in [0.4, 0.5) is 17.3 Å². The van der Waals surface area contributed by atoms with Crippen LogP contribution in [-0.4, -0.2) is 43.3 Å². The fourth-order valence-electron chi connectivity index (χ4n) is 2.07. The van der Waals surface area contributed by atoms with Crippen LogP contribution >= 0.6 is 0 Å².